The Kier molecular flexibility index (Phi) is 4.06. The zero-order chi connectivity index (χ0) is 12.3. The molecule has 16 heavy (non-hydrogen) atoms. The van der Waals surface area contributed by atoms with Crippen molar-refractivity contribution in [2.45, 2.75) is 25.4 Å². The number of imidazole rings is 1. The number of hydrogen-bond donors (Lipinski definition) is 1. The van der Waals surface area contributed by atoms with Gasteiger partial charge in [0.05, 0.1) is 6.61 Å². The third kappa shape index (κ3) is 2.42. The van der Waals surface area contributed by atoms with Crippen molar-refractivity contribution in [1.82, 2.24) is 13.9 Å². The fourth-order valence-corrected chi connectivity index (χ4v) is 2.49. The lowest BCUT2D eigenvalue weighted by atomic mass is 10.6. The van der Waals surface area contributed by atoms with Gasteiger partial charge in [0.2, 0.25) is 0 Å². The molecule has 1 aromatic rings. The summed E-state index contributed by atoms with van der Waals surface area (Å²) in [4.78, 5) is 4.01. The van der Waals surface area contributed by atoms with Gasteiger partial charge in [-0.3, -0.25) is 0 Å². The highest BCUT2D eigenvalue weighted by Gasteiger charge is 2.23. The van der Waals surface area contributed by atoms with Gasteiger partial charge in [-0.15, -0.1) is 0 Å². The van der Waals surface area contributed by atoms with E-state index in [1.165, 1.54) is 13.2 Å². The van der Waals surface area contributed by atoms with Crippen molar-refractivity contribution in [1.29, 1.82) is 0 Å². The van der Waals surface area contributed by atoms with Crippen molar-refractivity contribution in [2.24, 2.45) is 0 Å². The topological polar surface area (TPSA) is 75.4 Å². The van der Waals surface area contributed by atoms with Gasteiger partial charge in [0, 0.05) is 26.3 Å². The van der Waals surface area contributed by atoms with Crippen LogP contribution in [0.2, 0.25) is 0 Å². The molecule has 0 atom stereocenters. The van der Waals surface area contributed by atoms with E-state index in [9.17, 15) is 8.42 Å². The van der Waals surface area contributed by atoms with Crippen LogP contribution in [0.5, 0.6) is 0 Å². The fourth-order valence-electron chi connectivity index (χ4n) is 1.34. The molecule has 0 aliphatic carbocycles. The summed E-state index contributed by atoms with van der Waals surface area (Å²) in [5.41, 5.74) is 0. The largest absolute Gasteiger partial charge is 0.395 e. The van der Waals surface area contributed by atoms with E-state index in [-0.39, 0.29) is 18.2 Å². The smallest absolute Gasteiger partial charge is 0.261 e. The quantitative estimate of drug-likeness (QED) is 0.783. The minimum atomic E-state index is -3.57. The van der Waals surface area contributed by atoms with Crippen LogP contribution >= 0.6 is 0 Å². The Hall–Kier alpha value is -0.920. The van der Waals surface area contributed by atoms with E-state index in [0.717, 1.165) is 4.31 Å². The number of nitrogens with zero attached hydrogens (tertiary/aromatic N) is 3. The molecule has 0 aliphatic heterocycles. The first-order valence-electron chi connectivity index (χ1n) is 5.04. The first-order valence-corrected chi connectivity index (χ1v) is 6.48. The Morgan fingerprint density at radius 2 is 2.19 bits per heavy atom. The van der Waals surface area contributed by atoms with Gasteiger partial charge < -0.3 is 9.67 Å². The number of aliphatic hydroxyl groups excluding tert-OH is 1. The third-order valence-electron chi connectivity index (χ3n) is 2.38. The van der Waals surface area contributed by atoms with Crippen LogP contribution in [0.3, 0.4) is 0 Å². The van der Waals surface area contributed by atoms with E-state index in [4.69, 9.17) is 5.11 Å². The molecule has 0 unspecified atom stereocenters. The van der Waals surface area contributed by atoms with Crippen LogP contribution in [0.1, 0.15) is 12.7 Å². The molecule has 1 aromatic heterocycles. The predicted octanol–water partition coefficient (Wildman–Crippen LogP) is -0.176. The average Bonchev–Trinajstić information content (AvgIpc) is 2.60. The molecule has 0 spiro atoms. The minimum Gasteiger partial charge on any atom is -0.395 e. The third-order valence-corrected chi connectivity index (χ3v) is 4.11. The van der Waals surface area contributed by atoms with Crippen molar-refractivity contribution in [3.63, 3.8) is 0 Å². The molecule has 0 radical (unpaired) electrons. The summed E-state index contributed by atoms with van der Waals surface area (Å²) < 4.78 is 26.7. The van der Waals surface area contributed by atoms with Crippen molar-refractivity contribution in [2.75, 3.05) is 20.2 Å². The first kappa shape index (κ1) is 13.1. The molecule has 0 bridgehead atoms. The van der Waals surface area contributed by atoms with E-state index < -0.39 is 10.0 Å². The molecule has 92 valence electrons. The predicted molar refractivity (Wildman–Crippen MR) is 59.5 cm³/mol. The van der Waals surface area contributed by atoms with Crippen LogP contribution in [0.4, 0.5) is 0 Å². The van der Waals surface area contributed by atoms with Crippen LogP contribution in [-0.2, 0) is 16.6 Å². The molecule has 0 saturated heterocycles. The van der Waals surface area contributed by atoms with Gasteiger partial charge in [0.25, 0.3) is 10.0 Å². The molecule has 0 saturated carbocycles. The van der Waals surface area contributed by atoms with E-state index in [1.54, 1.807) is 11.5 Å². The number of rotatable bonds is 5. The summed E-state index contributed by atoms with van der Waals surface area (Å²) in [7, 11) is -2.15. The standard InChI is InChI=1S/C9H17N3O3S/c1-4-12-7-9(10-8(12)2)16(14,15)11(3)5-6-13/h7,13H,4-6H2,1-3H3. The van der Waals surface area contributed by atoms with Crippen molar-refractivity contribution >= 4 is 10.0 Å². The van der Waals surface area contributed by atoms with Crippen LogP contribution in [0.25, 0.3) is 0 Å². The maximum Gasteiger partial charge on any atom is 0.261 e. The number of aromatic nitrogens is 2. The van der Waals surface area contributed by atoms with Gasteiger partial charge in [-0.25, -0.2) is 13.4 Å². The SMILES string of the molecule is CCn1cc(S(=O)(=O)N(C)CCO)nc1C. The lowest BCUT2D eigenvalue weighted by Gasteiger charge is -2.13. The fraction of sp³-hybridized carbons (Fsp3) is 0.667. The summed E-state index contributed by atoms with van der Waals surface area (Å²) in [5, 5.41) is 8.75. The summed E-state index contributed by atoms with van der Waals surface area (Å²) in [6, 6.07) is 0. The van der Waals surface area contributed by atoms with E-state index in [1.807, 2.05) is 6.92 Å². The van der Waals surface area contributed by atoms with Gasteiger partial charge in [-0.1, -0.05) is 0 Å². The Balaban J connectivity index is 3.07. The monoisotopic (exact) mass is 247 g/mol. The molecule has 7 heteroatoms. The van der Waals surface area contributed by atoms with Gasteiger partial charge in [-0.05, 0) is 13.8 Å². The molecular weight excluding hydrogens is 230 g/mol. The molecule has 0 aliphatic rings. The molecule has 0 fully saturated rings. The van der Waals surface area contributed by atoms with E-state index in [2.05, 4.69) is 4.98 Å². The molecule has 1 N–H and O–H groups in total. The maximum absolute atomic E-state index is 11.9. The number of sulfonamides is 1. The Labute approximate surface area is 95.6 Å². The minimum absolute atomic E-state index is 0.0304. The van der Waals surface area contributed by atoms with E-state index >= 15 is 0 Å². The number of aryl methyl sites for hydroxylation is 2. The highest BCUT2D eigenvalue weighted by Crippen LogP contribution is 2.13. The van der Waals surface area contributed by atoms with Crippen LogP contribution < -0.4 is 0 Å². The maximum atomic E-state index is 11.9. The Morgan fingerprint density at radius 3 is 2.62 bits per heavy atom. The van der Waals surface area contributed by atoms with Crippen LogP contribution in [0, 0.1) is 6.92 Å². The number of likely N-dealkylation sites (N-methyl/N-ethyl adjacent to an activating group) is 1. The second-order valence-electron chi connectivity index (χ2n) is 3.46. The number of hydrogen-bond acceptors (Lipinski definition) is 4. The van der Waals surface area contributed by atoms with Crippen LogP contribution in [-0.4, -0.2) is 47.6 Å². The van der Waals surface area contributed by atoms with E-state index in [0.29, 0.717) is 12.4 Å². The highest BCUT2D eigenvalue weighted by atomic mass is 32.2. The summed E-state index contributed by atoms with van der Waals surface area (Å²) in [6.45, 7) is 4.22. The first-order chi connectivity index (χ1) is 7.43. The normalized spacial score (nSPS) is 12.3. The Bertz CT molecular complexity index is 453. The lowest BCUT2D eigenvalue weighted by molar-refractivity contribution is 0.266. The van der Waals surface area contributed by atoms with Gasteiger partial charge in [-0.2, -0.15) is 4.31 Å². The molecule has 1 rings (SSSR count). The summed E-state index contributed by atoms with van der Waals surface area (Å²) >= 11 is 0. The second kappa shape index (κ2) is 4.94. The van der Waals surface area contributed by atoms with Crippen molar-refractivity contribution in [3.8, 4) is 0 Å². The zero-order valence-corrected chi connectivity index (χ0v) is 10.5. The van der Waals surface area contributed by atoms with Crippen molar-refractivity contribution in [3.05, 3.63) is 12.0 Å². The highest BCUT2D eigenvalue weighted by molar-refractivity contribution is 7.89. The van der Waals surface area contributed by atoms with Crippen molar-refractivity contribution < 1.29 is 13.5 Å². The van der Waals surface area contributed by atoms with Gasteiger partial charge >= 0.3 is 0 Å². The molecule has 0 aromatic carbocycles. The Morgan fingerprint density at radius 1 is 1.56 bits per heavy atom. The average molecular weight is 247 g/mol. The lowest BCUT2D eigenvalue weighted by Crippen LogP contribution is -2.29. The summed E-state index contributed by atoms with van der Waals surface area (Å²) in [6.07, 6.45) is 1.51. The molecule has 1 heterocycles. The summed E-state index contributed by atoms with van der Waals surface area (Å²) in [5.74, 6) is 0.665. The zero-order valence-electron chi connectivity index (χ0n) is 9.71. The molecule has 0 amide bonds. The van der Waals surface area contributed by atoms with Gasteiger partial charge in [0.15, 0.2) is 5.03 Å². The molecule has 6 nitrogen and oxygen atoms in total. The second-order valence-corrected chi connectivity index (χ2v) is 5.45. The van der Waals surface area contributed by atoms with Crippen LogP contribution in [0.15, 0.2) is 11.2 Å². The molecular formula is C9H17N3O3S. The van der Waals surface area contributed by atoms with Gasteiger partial charge in [0.1, 0.15) is 5.82 Å². The number of aliphatic hydroxyl groups is 1.